The van der Waals surface area contributed by atoms with Crippen LogP contribution in [-0.4, -0.2) is 71.6 Å². The van der Waals surface area contributed by atoms with Crippen molar-refractivity contribution in [2.45, 2.75) is 33.4 Å². The molecule has 204 valence electrons. The highest BCUT2D eigenvalue weighted by atomic mass is 19.1. The maximum Gasteiger partial charge on any atom is 0.283 e. The summed E-state index contributed by atoms with van der Waals surface area (Å²) < 4.78 is 30.6. The SMILES string of the molecule is CCN1C(=O)c2nc(N3CCN(c4ccccc4)CC3)n(Cc3ccc(F)cc3F)c2N2C[C@@H](C(C)C)N=C12. The van der Waals surface area contributed by atoms with Crippen LogP contribution in [0.5, 0.6) is 0 Å². The fraction of sp³-hybridized carbons (Fsp3) is 0.414. The number of guanidine groups is 1. The predicted molar refractivity (Wildman–Crippen MR) is 149 cm³/mol. The highest BCUT2D eigenvalue weighted by Crippen LogP contribution is 2.38. The van der Waals surface area contributed by atoms with E-state index in [1.165, 1.54) is 17.8 Å². The lowest BCUT2D eigenvalue weighted by atomic mass is 10.1. The fourth-order valence-corrected chi connectivity index (χ4v) is 5.65. The normalized spacial score (nSPS) is 19.1. The van der Waals surface area contributed by atoms with Crippen LogP contribution >= 0.6 is 0 Å². The van der Waals surface area contributed by atoms with Gasteiger partial charge in [-0.25, -0.2) is 18.8 Å². The molecule has 0 unspecified atom stereocenters. The van der Waals surface area contributed by atoms with Gasteiger partial charge in [0.1, 0.15) is 11.6 Å². The minimum absolute atomic E-state index is 0.0246. The molecule has 8 nitrogen and oxygen atoms in total. The monoisotopic (exact) mass is 533 g/mol. The topological polar surface area (TPSA) is 60.2 Å². The fourth-order valence-electron chi connectivity index (χ4n) is 5.65. The van der Waals surface area contributed by atoms with Gasteiger partial charge in [-0.2, -0.15) is 0 Å². The highest BCUT2D eigenvalue weighted by Gasteiger charge is 2.44. The second kappa shape index (κ2) is 9.98. The van der Waals surface area contributed by atoms with Crippen LogP contribution in [0.15, 0.2) is 53.5 Å². The number of carbonyl (C=O) groups is 1. The van der Waals surface area contributed by atoms with Gasteiger partial charge in [0.15, 0.2) is 11.5 Å². The zero-order chi connectivity index (χ0) is 27.3. The minimum atomic E-state index is -0.622. The van der Waals surface area contributed by atoms with E-state index in [4.69, 9.17) is 9.98 Å². The molecule has 1 fully saturated rings. The van der Waals surface area contributed by atoms with Gasteiger partial charge >= 0.3 is 0 Å². The summed E-state index contributed by atoms with van der Waals surface area (Å²) in [5, 5.41) is 0. The van der Waals surface area contributed by atoms with Gasteiger partial charge in [0.05, 0.1) is 19.1 Å². The molecular formula is C29H33F2N7O. The molecule has 0 saturated carbocycles. The molecule has 0 N–H and O–H groups in total. The number of aliphatic imine (C=N–C) groups is 1. The Bertz CT molecular complexity index is 1410. The quantitative estimate of drug-likeness (QED) is 0.475. The Hall–Kier alpha value is -3.95. The van der Waals surface area contributed by atoms with Gasteiger partial charge in [-0.15, -0.1) is 0 Å². The zero-order valence-corrected chi connectivity index (χ0v) is 22.5. The first-order valence-electron chi connectivity index (χ1n) is 13.6. The Balaban J connectivity index is 1.41. The van der Waals surface area contributed by atoms with Crippen molar-refractivity contribution < 1.29 is 13.6 Å². The van der Waals surface area contributed by atoms with E-state index in [1.54, 1.807) is 4.90 Å². The van der Waals surface area contributed by atoms with Gasteiger partial charge in [-0.1, -0.05) is 38.1 Å². The first-order valence-corrected chi connectivity index (χ1v) is 13.6. The Morgan fingerprint density at radius 2 is 1.72 bits per heavy atom. The smallest absolute Gasteiger partial charge is 0.283 e. The number of hydrogen-bond donors (Lipinski definition) is 0. The molecule has 10 heteroatoms. The van der Waals surface area contributed by atoms with Crippen molar-refractivity contribution >= 4 is 29.3 Å². The molecular weight excluding hydrogens is 500 g/mol. The molecule has 3 aliphatic rings. The Morgan fingerprint density at radius 1 is 1.00 bits per heavy atom. The Morgan fingerprint density at radius 3 is 2.38 bits per heavy atom. The van der Waals surface area contributed by atoms with Gasteiger partial charge < -0.3 is 9.80 Å². The predicted octanol–water partition coefficient (Wildman–Crippen LogP) is 4.21. The summed E-state index contributed by atoms with van der Waals surface area (Å²) in [5.41, 5.74) is 1.85. The summed E-state index contributed by atoms with van der Waals surface area (Å²) in [4.78, 5) is 31.8. The third-order valence-corrected chi connectivity index (χ3v) is 7.87. The lowest BCUT2D eigenvalue weighted by molar-refractivity contribution is 0.0841. The van der Waals surface area contributed by atoms with Crippen LogP contribution in [0.1, 0.15) is 36.8 Å². The number of para-hydroxylation sites is 1. The number of hydrogen-bond acceptors (Lipinski definition) is 6. The van der Waals surface area contributed by atoms with E-state index in [-0.39, 0.29) is 24.4 Å². The number of aromatic nitrogens is 2. The van der Waals surface area contributed by atoms with Crippen LogP contribution < -0.4 is 14.7 Å². The molecule has 0 aliphatic carbocycles. The summed E-state index contributed by atoms with van der Waals surface area (Å²) in [7, 11) is 0. The van der Waals surface area contributed by atoms with Crippen molar-refractivity contribution in [3.63, 3.8) is 0 Å². The second-order valence-electron chi connectivity index (χ2n) is 10.6. The highest BCUT2D eigenvalue weighted by molar-refractivity contribution is 6.18. The molecule has 0 spiro atoms. The van der Waals surface area contributed by atoms with Crippen LogP contribution in [0, 0.1) is 17.6 Å². The third kappa shape index (κ3) is 4.41. The molecule has 1 amide bonds. The van der Waals surface area contributed by atoms with Crippen LogP contribution in [0.4, 0.5) is 26.2 Å². The van der Waals surface area contributed by atoms with E-state index >= 15 is 0 Å². The van der Waals surface area contributed by atoms with Crippen molar-refractivity contribution in [2.75, 3.05) is 54.0 Å². The third-order valence-electron chi connectivity index (χ3n) is 7.87. The molecule has 0 radical (unpaired) electrons. The lowest BCUT2D eigenvalue weighted by Crippen LogP contribution is -2.50. The number of anilines is 3. The van der Waals surface area contributed by atoms with E-state index in [1.807, 2.05) is 29.7 Å². The summed E-state index contributed by atoms with van der Waals surface area (Å²) in [5.74, 6) is 0.723. The van der Waals surface area contributed by atoms with Gasteiger partial charge in [0, 0.05) is 50.0 Å². The molecule has 1 atom stereocenters. The molecule has 1 saturated heterocycles. The van der Waals surface area contributed by atoms with E-state index in [2.05, 4.69) is 40.7 Å². The molecule has 3 aliphatic heterocycles. The average Bonchev–Trinajstić information content (AvgIpc) is 3.54. The lowest BCUT2D eigenvalue weighted by Gasteiger charge is -2.37. The molecule has 2 aromatic carbocycles. The number of benzene rings is 2. The summed E-state index contributed by atoms with van der Waals surface area (Å²) in [6.45, 7) is 10.3. The first kappa shape index (κ1) is 25.3. The number of fused-ring (bicyclic) bond motifs is 3. The molecule has 1 aromatic heterocycles. The van der Waals surface area contributed by atoms with Gasteiger partial charge in [0.2, 0.25) is 11.9 Å². The second-order valence-corrected chi connectivity index (χ2v) is 10.6. The van der Waals surface area contributed by atoms with Crippen molar-refractivity contribution in [1.82, 2.24) is 14.5 Å². The Labute approximate surface area is 227 Å². The van der Waals surface area contributed by atoms with Gasteiger partial charge in [-0.05, 0) is 31.0 Å². The minimum Gasteiger partial charge on any atom is -0.368 e. The summed E-state index contributed by atoms with van der Waals surface area (Å²) in [6, 6.07) is 13.9. The molecule has 3 aromatic rings. The maximum absolute atomic E-state index is 14.9. The van der Waals surface area contributed by atoms with E-state index in [0.717, 1.165) is 19.2 Å². The number of imidazole rings is 1. The standard InChI is InChI=1S/C29H33F2N7O/c1-4-36-27(39)25-26(38-18-24(19(2)3)32-29(36)38)37(17-20-10-11-21(30)16-23(20)31)28(33-25)35-14-12-34(13-15-35)22-8-6-5-7-9-22/h5-11,16,19,24H,4,12-15,17-18H2,1-3H3/t24-/m0/s1. The summed E-state index contributed by atoms with van der Waals surface area (Å²) >= 11 is 0. The Kier molecular flexibility index (Phi) is 6.48. The van der Waals surface area contributed by atoms with Crippen LogP contribution in [0.2, 0.25) is 0 Å². The number of nitrogens with zero attached hydrogens (tertiary/aromatic N) is 7. The van der Waals surface area contributed by atoms with Crippen molar-refractivity contribution in [3.05, 3.63) is 71.4 Å². The van der Waals surface area contributed by atoms with Crippen LogP contribution in [-0.2, 0) is 6.54 Å². The van der Waals surface area contributed by atoms with E-state index < -0.39 is 11.6 Å². The van der Waals surface area contributed by atoms with Crippen molar-refractivity contribution in [1.29, 1.82) is 0 Å². The largest absolute Gasteiger partial charge is 0.368 e. The van der Waals surface area contributed by atoms with Gasteiger partial charge in [0.25, 0.3) is 5.91 Å². The summed E-state index contributed by atoms with van der Waals surface area (Å²) in [6.07, 6.45) is 0. The molecule has 0 bridgehead atoms. The number of carbonyl (C=O) groups excluding carboxylic acids is 1. The molecule has 6 rings (SSSR count). The first-order chi connectivity index (χ1) is 18.9. The zero-order valence-electron chi connectivity index (χ0n) is 22.5. The number of rotatable bonds is 6. The van der Waals surface area contributed by atoms with Gasteiger partial charge in [-0.3, -0.25) is 19.2 Å². The van der Waals surface area contributed by atoms with E-state index in [9.17, 15) is 13.6 Å². The number of halogens is 2. The number of piperazine rings is 1. The average molecular weight is 534 g/mol. The number of amides is 1. The van der Waals surface area contributed by atoms with Crippen LogP contribution in [0.3, 0.4) is 0 Å². The van der Waals surface area contributed by atoms with E-state index in [0.29, 0.717) is 55.2 Å². The molecule has 4 heterocycles. The maximum atomic E-state index is 14.9. The van der Waals surface area contributed by atoms with Crippen molar-refractivity contribution in [2.24, 2.45) is 10.9 Å². The molecule has 39 heavy (non-hydrogen) atoms. The van der Waals surface area contributed by atoms with Crippen LogP contribution in [0.25, 0.3) is 0 Å². The van der Waals surface area contributed by atoms with Crippen molar-refractivity contribution in [3.8, 4) is 0 Å².